The van der Waals surface area contributed by atoms with E-state index in [9.17, 15) is 4.79 Å². The number of fused-ring (bicyclic) bond motifs is 1. The van der Waals surface area contributed by atoms with Crippen molar-refractivity contribution in [1.29, 1.82) is 0 Å². The van der Waals surface area contributed by atoms with Crippen LogP contribution in [0.5, 0.6) is 5.75 Å². The molecule has 0 radical (unpaired) electrons. The number of ether oxygens (including phenoxy) is 1. The molecule has 2 aliphatic rings. The number of carbonyl (C=O) groups excluding carboxylic acids is 1. The van der Waals surface area contributed by atoms with Crippen LogP contribution >= 0.6 is 0 Å². The van der Waals surface area contributed by atoms with Gasteiger partial charge in [0, 0.05) is 11.6 Å². The molecule has 1 aromatic carbocycles. The van der Waals surface area contributed by atoms with Gasteiger partial charge < -0.3 is 15.8 Å². The van der Waals surface area contributed by atoms with E-state index in [-0.39, 0.29) is 17.9 Å². The molecule has 1 heterocycles. The molecular formula is C16H22N2O2. The van der Waals surface area contributed by atoms with Gasteiger partial charge in [-0.1, -0.05) is 31.0 Å². The van der Waals surface area contributed by atoms with Crippen LogP contribution in [0.2, 0.25) is 0 Å². The second-order valence-electron chi connectivity index (χ2n) is 5.80. The van der Waals surface area contributed by atoms with Gasteiger partial charge in [-0.25, -0.2) is 0 Å². The SMILES string of the molecule is NCC1CCCCC1NC(=O)C1COc2ccccc21. The van der Waals surface area contributed by atoms with E-state index in [1.807, 2.05) is 24.3 Å². The normalized spacial score (nSPS) is 28.6. The maximum Gasteiger partial charge on any atom is 0.231 e. The second-order valence-corrected chi connectivity index (χ2v) is 5.80. The lowest BCUT2D eigenvalue weighted by atomic mass is 9.84. The molecule has 3 unspecified atom stereocenters. The third-order valence-electron chi connectivity index (χ3n) is 4.56. The fraction of sp³-hybridized carbons (Fsp3) is 0.562. The van der Waals surface area contributed by atoms with E-state index in [2.05, 4.69) is 5.32 Å². The lowest BCUT2D eigenvalue weighted by Gasteiger charge is -2.32. The van der Waals surface area contributed by atoms with E-state index < -0.39 is 0 Å². The monoisotopic (exact) mass is 274 g/mol. The van der Waals surface area contributed by atoms with Gasteiger partial charge in [0.2, 0.25) is 5.91 Å². The number of amides is 1. The zero-order valence-corrected chi connectivity index (χ0v) is 11.7. The van der Waals surface area contributed by atoms with E-state index in [1.165, 1.54) is 12.8 Å². The van der Waals surface area contributed by atoms with Crippen LogP contribution in [0.3, 0.4) is 0 Å². The zero-order valence-electron chi connectivity index (χ0n) is 11.7. The molecule has 1 saturated carbocycles. The summed E-state index contributed by atoms with van der Waals surface area (Å²) >= 11 is 0. The molecular weight excluding hydrogens is 252 g/mol. The van der Waals surface area contributed by atoms with E-state index >= 15 is 0 Å². The number of para-hydroxylation sites is 1. The Hall–Kier alpha value is -1.55. The zero-order chi connectivity index (χ0) is 13.9. The first-order valence-corrected chi connectivity index (χ1v) is 7.51. The van der Waals surface area contributed by atoms with Crippen molar-refractivity contribution < 1.29 is 9.53 Å². The molecule has 4 heteroatoms. The average Bonchev–Trinajstić information content (AvgIpc) is 2.92. The van der Waals surface area contributed by atoms with Gasteiger partial charge in [-0.2, -0.15) is 0 Å². The summed E-state index contributed by atoms with van der Waals surface area (Å²) in [5.74, 6) is 1.17. The molecule has 1 aliphatic heterocycles. The van der Waals surface area contributed by atoms with E-state index in [1.54, 1.807) is 0 Å². The van der Waals surface area contributed by atoms with Gasteiger partial charge in [-0.05, 0) is 31.4 Å². The first kappa shape index (κ1) is 13.4. The minimum absolute atomic E-state index is 0.0836. The fourth-order valence-corrected chi connectivity index (χ4v) is 3.34. The minimum Gasteiger partial charge on any atom is -0.492 e. The summed E-state index contributed by atoms with van der Waals surface area (Å²) in [5.41, 5.74) is 6.83. The van der Waals surface area contributed by atoms with Crippen molar-refractivity contribution in [2.45, 2.75) is 37.6 Å². The standard InChI is InChI=1S/C16H22N2O2/c17-9-11-5-1-3-7-14(11)18-16(19)13-10-20-15-8-4-2-6-12(13)15/h2,4,6,8,11,13-14H,1,3,5,7,9-10,17H2,(H,18,19). The van der Waals surface area contributed by atoms with E-state index in [0.29, 0.717) is 19.1 Å². The highest BCUT2D eigenvalue weighted by atomic mass is 16.5. The first-order valence-electron chi connectivity index (χ1n) is 7.51. The van der Waals surface area contributed by atoms with Gasteiger partial charge in [0.15, 0.2) is 0 Å². The van der Waals surface area contributed by atoms with Crippen LogP contribution in [0.25, 0.3) is 0 Å². The van der Waals surface area contributed by atoms with Crippen molar-refractivity contribution in [3.8, 4) is 5.75 Å². The van der Waals surface area contributed by atoms with E-state index in [0.717, 1.165) is 24.2 Å². The summed E-state index contributed by atoms with van der Waals surface area (Å²) < 4.78 is 5.59. The fourth-order valence-electron chi connectivity index (χ4n) is 3.34. The lowest BCUT2D eigenvalue weighted by molar-refractivity contribution is -0.124. The molecule has 1 fully saturated rings. The Bertz CT molecular complexity index is 489. The average molecular weight is 274 g/mol. The molecule has 3 atom stereocenters. The number of hydrogen-bond donors (Lipinski definition) is 2. The summed E-state index contributed by atoms with van der Waals surface area (Å²) in [7, 11) is 0. The maximum atomic E-state index is 12.5. The Labute approximate surface area is 119 Å². The Morgan fingerprint density at radius 2 is 2.10 bits per heavy atom. The van der Waals surface area contributed by atoms with Crippen molar-refractivity contribution in [3.05, 3.63) is 29.8 Å². The number of nitrogens with one attached hydrogen (secondary N) is 1. The summed E-state index contributed by atoms with van der Waals surface area (Å²) in [5, 5.41) is 3.20. The molecule has 1 aromatic rings. The Kier molecular flexibility index (Phi) is 3.92. The smallest absolute Gasteiger partial charge is 0.231 e. The third kappa shape index (κ3) is 2.52. The van der Waals surface area contributed by atoms with Crippen LogP contribution in [-0.2, 0) is 4.79 Å². The van der Waals surface area contributed by atoms with Crippen LogP contribution in [0.1, 0.15) is 37.2 Å². The van der Waals surface area contributed by atoms with Gasteiger partial charge in [0.05, 0.1) is 0 Å². The molecule has 3 N–H and O–H groups in total. The molecule has 1 aliphatic carbocycles. The minimum atomic E-state index is -0.174. The molecule has 3 rings (SSSR count). The molecule has 0 spiro atoms. The van der Waals surface area contributed by atoms with Gasteiger partial charge in [0.25, 0.3) is 0 Å². The highest BCUT2D eigenvalue weighted by molar-refractivity contribution is 5.85. The van der Waals surface area contributed by atoms with Crippen LogP contribution in [0.15, 0.2) is 24.3 Å². The summed E-state index contributed by atoms with van der Waals surface area (Å²) in [6.45, 7) is 1.11. The van der Waals surface area contributed by atoms with Crippen molar-refractivity contribution in [1.82, 2.24) is 5.32 Å². The lowest BCUT2D eigenvalue weighted by Crippen LogP contribution is -2.46. The molecule has 108 valence electrons. The maximum absolute atomic E-state index is 12.5. The number of carbonyl (C=O) groups is 1. The van der Waals surface area contributed by atoms with Gasteiger partial charge >= 0.3 is 0 Å². The third-order valence-corrected chi connectivity index (χ3v) is 4.56. The summed E-state index contributed by atoms with van der Waals surface area (Å²) in [4.78, 5) is 12.5. The van der Waals surface area contributed by atoms with Gasteiger partial charge in [-0.3, -0.25) is 4.79 Å². The number of hydrogen-bond acceptors (Lipinski definition) is 3. The highest BCUT2D eigenvalue weighted by Crippen LogP contribution is 2.34. The Morgan fingerprint density at radius 1 is 1.30 bits per heavy atom. The second kappa shape index (κ2) is 5.83. The van der Waals surface area contributed by atoms with Gasteiger partial charge in [-0.15, -0.1) is 0 Å². The summed E-state index contributed by atoms with van der Waals surface area (Å²) in [6.07, 6.45) is 4.57. The van der Waals surface area contributed by atoms with Crippen LogP contribution in [-0.4, -0.2) is 25.1 Å². The largest absolute Gasteiger partial charge is 0.492 e. The molecule has 20 heavy (non-hydrogen) atoms. The van der Waals surface area contributed by atoms with Crippen LogP contribution in [0, 0.1) is 5.92 Å². The molecule has 0 saturated heterocycles. The highest BCUT2D eigenvalue weighted by Gasteiger charge is 2.33. The number of nitrogens with two attached hydrogens (primary N) is 1. The molecule has 1 amide bonds. The van der Waals surface area contributed by atoms with Crippen LogP contribution < -0.4 is 15.8 Å². The molecule has 4 nitrogen and oxygen atoms in total. The number of rotatable bonds is 3. The quantitative estimate of drug-likeness (QED) is 0.883. The molecule has 0 bridgehead atoms. The first-order chi connectivity index (χ1) is 9.79. The van der Waals surface area contributed by atoms with Crippen molar-refractivity contribution in [2.24, 2.45) is 11.7 Å². The number of benzene rings is 1. The molecule has 0 aromatic heterocycles. The predicted octanol–water partition coefficient (Wildman–Crippen LogP) is 1.80. The Morgan fingerprint density at radius 3 is 2.95 bits per heavy atom. The van der Waals surface area contributed by atoms with Crippen LogP contribution in [0.4, 0.5) is 0 Å². The topological polar surface area (TPSA) is 64.3 Å². The van der Waals surface area contributed by atoms with E-state index in [4.69, 9.17) is 10.5 Å². The summed E-state index contributed by atoms with van der Waals surface area (Å²) in [6, 6.07) is 8.02. The van der Waals surface area contributed by atoms with Crippen molar-refractivity contribution in [2.75, 3.05) is 13.2 Å². The van der Waals surface area contributed by atoms with Gasteiger partial charge in [0.1, 0.15) is 18.3 Å². The Balaban J connectivity index is 1.68. The van der Waals surface area contributed by atoms with Crippen molar-refractivity contribution in [3.63, 3.8) is 0 Å². The van der Waals surface area contributed by atoms with Crippen molar-refractivity contribution >= 4 is 5.91 Å². The predicted molar refractivity (Wildman–Crippen MR) is 77.6 cm³/mol.